The minimum Gasteiger partial charge on any atom is -0.337 e. The molecule has 1 aromatic carbocycles. The molecule has 2 atom stereocenters. The van der Waals surface area contributed by atoms with E-state index in [2.05, 4.69) is 24.2 Å². The van der Waals surface area contributed by atoms with Crippen molar-refractivity contribution in [2.75, 3.05) is 39.8 Å². The quantitative estimate of drug-likeness (QED) is 0.865. The number of likely N-dealkylation sites (tertiary alicyclic amines) is 1. The third kappa shape index (κ3) is 4.90. The van der Waals surface area contributed by atoms with Gasteiger partial charge in [0, 0.05) is 26.2 Å². The number of nitrogens with zero attached hydrogens (tertiary/aromatic N) is 2. The first-order chi connectivity index (χ1) is 11.4. The van der Waals surface area contributed by atoms with Crippen LogP contribution in [0.2, 0.25) is 0 Å². The van der Waals surface area contributed by atoms with E-state index in [0.29, 0.717) is 18.0 Å². The lowest BCUT2D eigenvalue weighted by molar-refractivity contribution is 0.204. The number of benzene rings is 1. The van der Waals surface area contributed by atoms with E-state index in [0.717, 1.165) is 38.7 Å². The average molecular weight is 339 g/mol. The Kier molecular flexibility index (Phi) is 6.54. The highest BCUT2D eigenvalue weighted by molar-refractivity contribution is 5.74. The summed E-state index contributed by atoms with van der Waals surface area (Å²) in [4.78, 5) is 16.4. The van der Waals surface area contributed by atoms with Gasteiger partial charge in [0.15, 0.2) is 11.6 Å². The molecule has 0 saturated carbocycles. The average Bonchev–Trinajstić information content (AvgIpc) is 3.03. The maximum atomic E-state index is 13.3. The first-order valence-corrected chi connectivity index (χ1v) is 8.57. The molecule has 0 unspecified atom stereocenters. The van der Waals surface area contributed by atoms with Crippen molar-refractivity contribution in [2.45, 2.75) is 26.2 Å². The van der Waals surface area contributed by atoms with Crippen molar-refractivity contribution >= 4 is 6.03 Å². The number of urea groups is 1. The topological polar surface area (TPSA) is 35.6 Å². The first kappa shape index (κ1) is 18.6. The minimum absolute atomic E-state index is 0.0753. The predicted octanol–water partition coefficient (Wildman–Crippen LogP) is 3.05. The molecular formula is C18H27F2N3O. The Balaban J connectivity index is 1.79. The molecular weight excluding hydrogens is 312 g/mol. The van der Waals surface area contributed by atoms with E-state index in [1.807, 2.05) is 11.8 Å². The number of halogens is 2. The molecule has 0 aromatic heterocycles. The van der Waals surface area contributed by atoms with Gasteiger partial charge < -0.3 is 15.1 Å². The van der Waals surface area contributed by atoms with Crippen molar-refractivity contribution in [1.82, 2.24) is 15.1 Å². The molecule has 1 saturated heterocycles. The summed E-state index contributed by atoms with van der Waals surface area (Å²) in [6, 6.07) is 3.80. The second-order valence-electron chi connectivity index (χ2n) is 6.72. The SMILES string of the molecule is CCN(C)C[C@H]1CCN(C(=O)NC[C@@H](C)c2ccc(F)c(F)c2)C1. The highest BCUT2D eigenvalue weighted by atomic mass is 19.2. The first-order valence-electron chi connectivity index (χ1n) is 8.57. The van der Waals surface area contributed by atoms with Crippen LogP contribution in [0.3, 0.4) is 0 Å². The van der Waals surface area contributed by atoms with Crippen molar-refractivity contribution in [3.63, 3.8) is 0 Å². The Hall–Kier alpha value is -1.69. The van der Waals surface area contributed by atoms with E-state index in [9.17, 15) is 13.6 Å². The summed E-state index contributed by atoms with van der Waals surface area (Å²) in [5.41, 5.74) is 0.679. The molecule has 1 aromatic rings. The Morgan fingerprint density at radius 3 is 2.83 bits per heavy atom. The Morgan fingerprint density at radius 2 is 2.17 bits per heavy atom. The molecule has 1 N–H and O–H groups in total. The van der Waals surface area contributed by atoms with Crippen molar-refractivity contribution in [2.24, 2.45) is 5.92 Å². The number of amides is 2. The molecule has 0 radical (unpaired) electrons. The van der Waals surface area contributed by atoms with Crippen LogP contribution in [0.1, 0.15) is 31.7 Å². The minimum atomic E-state index is -0.854. The molecule has 0 aliphatic carbocycles. The number of hydrogen-bond donors (Lipinski definition) is 1. The van der Waals surface area contributed by atoms with Crippen LogP contribution >= 0.6 is 0 Å². The zero-order chi connectivity index (χ0) is 17.7. The number of nitrogens with one attached hydrogen (secondary N) is 1. The van der Waals surface area contributed by atoms with Gasteiger partial charge in [-0.15, -0.1) is 0 Å². The summed E-state index contributed by atoms with van der Waals surface area (Å²) in [5, 5.41) is 2.90. The number of hydrogen-bond acceptors (Lipinski definition) is 2. The Bertz CT molecular complexity index is 567. The predicted molar refractivity (Wildman–Crippen MR) is 91.0 cm³/mol. The van der Waals surface area contributed by atoms with Gasteiger partial charge in [0.25, 0.3) is 0 Å². The van der Waals surface area contributed by atoms with Crippen molar-refractivity contribution < 1.29 is 13.6 Å². The third-order valence-corrected chi connectivity index (χ3v) is 4.75. The van der Waals surface area contributed by atoms with Crippen LogP contribution in [-0.4, -0.2) is 55.6 Å². The fourth-order valence-electron chi connectivity index (χ4n) is 3.02. The van der Waals surface area contributed by atoms with Crippen LogP contribution in [-0.2, 0) is 0 Å². The second-order valence-corrected chi connectivity index (χ2v) is 6.72. The van der Waals surface area contributed by atoms with E-state index in [4.69, 9.17) is 0 Å². The Morgan fingerprint density at radius 1 is 1.42 bits per heavy atom. The van der Waals surface area contributed by atoms with Crippen molar-refractivity contribution in [3.8, 4) is 0 Å². The highest BCUT2D eigenvalue weighted by Gasteiger charge is 2.26. The van der Waals surface area contributed by atoms with Crippen molar-refractivity contribution in [1.29, 1.82) is 0 Å². The molecule has 0 spiro atoms. The summed E-state index contributed by atoms with van der Waals surface area (Å²) in [6.07, 6.45) is 1.02. The van der Waals surface area contributed by atoms with Gasteiger partial charge in [0.05, 0.1) is 0 Å². The maximum Gasteiger partial charge on any atom is 0.317 e. The lowest BCUT2D eigenvalue weighted by Gasteiger charge is -2.21. The molecule has 1 aliphatic heterocycles. The van der Waals surface area contributed by atoms with Crippen LogP contribution in [0.25, 0.3) is 0 Å². The molecule has 0 bridgehead atoms. The molecule has 2 amide bonds. The highest BCUT2D eigenvalue weighted by Crippen LogP contribution is 2.19. The Labute approximate surface area is 142 Å². The van der Waals surface area contributed by atoms with E-state index in [1.165, 1.54) is 6.07 Å². The summed E-state index contributed by atoms with van der Waals surface area (Å²) in [5.74, 6) is -1.26. The molecule has 6 heteroatoms. The standard InChI is InChI=1S/C18H27F2N3O/c1-4-22(3)11-14-7-8-23(12-14)18(24)21-10-13(2)15-5-6-16(19)17(20)9-15/h5-6,9,13-14H,4,7-8,10-12H2,1-3H3,(H,21,24)/t13-,14-/m1/s1. The van der Waals surface area contributed by atoms with Gasteiger partial charge >= 0.3 is 6.03 Å². The lowest BCUT2D eigenvalue weighted by atomic mass is 10.0. The van der Waals surface area contributed by atoms with Gasteiger partial charge in [-0.3, -0.25) is 0 Å². The number of rotatable bonds is 6. The normalized spacial score (nSPS) is 18.9. The monoisotopic (exact) mass is 339 g/mol. The van der Waals surface area contributed by atoms with Gasteiger partial charge in [0.2, 0.25) is 0 Å². The van der Waals surface area contributed by atoms with Crippen LogP contribution in [0.15, 0.2) is 18.2 Å². The van der Waals surface area contributed by atoms with Crippen molar-refractivity contribution in [3.05, 3.63) is 35.4 Å². The summed E-state index contributed by atoms with van der Waals surface area (Å²) < 4.78 is 26.3. The van der Waals surface area contributed by atoms with Crippen LogP contribution in [0.5, 0.6) is 0 Å². The molecule has 2 rings (SSSR count). The van der Waals surface area contributed by atoms with Crippen LogP contribution in [0.4, 0.5) is 13.6 Å². The van der Waals surface area contributed by atoms with Gasteiger partial charge in [-0.2, -0.15) is 0 Å². The molecule has 4 nitrogen and oxygen atoms in total. The fourth-order valence-corrected chi connectivity index (χ4v) is 3.02. The maximum absolute atomic E-state index is 13.3. The summed E-state index contributed by atoms with van der Waals surface area (Å²) in [7, 11) is 2.09. The molecule has 1 fully saturated rings. The van der Waals surface area contributed by atoms with E-state index < -0.39 is 11.6 Å². The van der Waals surface area contributed by atoms with Crippen LogP contribution in [0, 0.1) is 17.6 Å². The summed E-state index contributed by atoms with van der Waals surface area (Å²) in [6.45, 7) is 7.97. The van der Waals surface area contributed by atoms with Gasteiger partial charge in [-0.05, 0) is 49.5 Å². The van der Waals surface area contributed by atoms with Gasteiger partial charge in [0.1, 0.15) is 0 Å². The molecule has 134 valence electrons. The smallest absolute Gasteiger partial charge is 0.317 e. The fraction of sp³-hybridized carbons (Fsp3) is 0.611. The van der Waals surface area contributed by atoms with E-state index in [1.54, 1.807) is 6.07 Å². The zero-order valence-corrected chi connectivity index (χ0v) is 14.7. The third-order valence-electron chi connectivity index (χ3n) is 4.75. The molecule has 1 aliphatic rings. The molecule has 24 heavy (non-hydrogen) atoms. The largest absolute Gasteiger partial charge is 0.337 e. The van der Waals surface area contributed by atoms with Crippen LogP contribution < -0.4 is 5.32 Å². The molecule has 1 heterocycles. The van der Waals surface area contributed by atoms with Gasteiger partial charge in [-0.25, -0.2) is 13.6 Å². The van der Waals surface area contributed by atoms with Gasteiger partial charge in [-0.1, -0.05) is 19.9 Å². The van der Waals surface area contributed by atoms with E-state index in [-0.39, 0.29) is 11.9 Å². The summed E-state index contributed by atoms with van der Waals surface area (Å²) >= 11 is 0. The zero-order valence-electron chi connectivity index (χ0n) is 14.7. The second kappa shape index (κ2) is 8.42. The number of carbonyl (C=O) groups is 1. The number of carbonyl (C=O) groups excluding carboxylic acids is 1. The van der Waals surface area contributed by atoms with E-state index >= 15 is 0 Å². The lowest BCUT2D eigenvalue weighted by Crippen LogP contribution is -2.40.